The number of aliphatic hydroxyl groups is 1. The van der Waals surface area contributed by atoms with Gasteiger partial charge >= 0.3 is 0 Å². The summed E-state index contributed by atoms with van der Waals surface area (Å²) in [5.41, 5.74) is 0.878. The average molecular weight is 365 g/mol. The van der Waals surface area contributed by atoms with Gasteiger partial charge in [0.2, 0.25) is 0 Å². The zero-order valence-electron chi connectivity index (χ0n) is 14.2. The molecule has 0 aromatic carbocycles. The highest BCUT2D eigenvalue weighted by molar-refractivity contribution is 7.91. The maximum Gasteiger partial charge on any atom is 0.181 e. The van der Waals surface area contributed by atoms with Crippen molar-refractivity contribution in [3.05, 3.63) is 30.4 Å². The number of aliphatic hydroxyl groups excluding tert-OH is 1. The monoisotopic (exact) mass is 365 g/mol. The Labute approximate surface area is 147 Å². The van der Waals surface area contributed by atoms with Crippen molar-refractivity contribution in [2.45, 2.75) is 25.4 Å². The highest BCUT2D eigenvalue weighted by Crippen LogP contribution is 2.18. The topological polar surface area (TPSA) is 101 Å². The highest BCUT2D eigenvalue weighted by atomic mass is 32.2. The third kappa shape index (κ3) is 4.42. The summed E-state index contributed by atoms with van der Waals surface area (Å²) in [5, 5.41) is 13.7. The molecule has 1 aliphatic heterocycles. The lowest BCUT2D eigenvalue weighted by Crippen LogP contribution is -2.34. The smallest absolute Gasteiger partial charge is 0.181 e. The van der Waals surface area contributed by atoms with E-state index in [1.54, 1.807) is 17.1 Å². The summed E-state index contributed by atoms with van der Waals surface area (Å²) in [6.45, 7) is 1.07. The molecule has 0 spiro atoms. The molecular weight excluding hydrogens is 342 g/mol. The van der Waals surface area contributed by atoms with Gasteiger partial charge in [0.05, 0.1) is 24.7 Å². The molecule has 2 aromatic heterocycles. The minimum Gasteiger partial charge on any atom is -0.394 e. The van der Waals surface area contributed by atoms with Crippen LogP contribution in [0.15, 0.2) is 24.5 Å². The first-order valence-electron chi connectivity index (χ1n) is 8.34. The van der Waals surface area contributed by atoms with Gasteiger partial charge in [-0.3, -0.25) is 4.98 Å². The van der Waals surface area contributed by atoms with Crippen molar-refractivity contribution in [2.75, 3.05) is 31.7 Å². The number of hydrogen-bond acceptors (Lipinski definition) is 7. The fourth-order valence-electron chi connectivity index (χ4n) is 3.04. The third-order valence-electron chi connectivity index (χ3n) is 4.52. The lowest BCUT2D eigenvalue weighted by Gasteiger charge is -2.22. The first kappa shape index (κ1) is 18.0. The van der Waals surface area contributed by atoms with E-state index in [1.807, 2.05) is 19.2 Å². The van der Waals surface area contributed by atoms with Crippen molar-refractivity contribution in [2.24, 2.45) is 0 Å². The molecule has 1 saturated heterocycles. The second kappa shape index (κ2) is 7.59. The van der Waals surface area contributed by atoms with Gasteiger partial charge in [-0.1, -0.05) is 0 Å². The lowest BCUT2D eigenvalue weighted by atomic mass is 10.2. The zero-order chi connectivity index (χ0) is 17.9. The van der Waals surface area contributed by atoms with Gasteiger partial charge in [0.25, 0.3) is 0 Å². The molecule has 9 heteroatoms. The van der Waals surface area contributed by atoms with E-state index < -0.39 is 9.84 Å². The lowest BCUT2D eigenvalue weighted by molar-refractivity contribution is 0.253. The van der Waals surface area contributed by atoms with Gasteiger partial charge in [-0.05, 0) is 25.6 Å². The molecule has 0 radical (unpaired) electrons. The predicted molar refractivity (Wildman–Crippen MR) is 93.7 cm³/mol. The molecule has 8 nitrogen and oxygen atoms in total. The number of nitrogens with zero attached hydrogens (tertiary/aromatic N) is 5. The molecule has 1 aliphatic rings. The van der Waals surface area contributed by atoms with Crippen LogP contribution in [-0.4, -0.2) is 75.9 Å². The molecule has 2 aromatic rings. The van der Waals surface area contributed by atoms with E-state index in [-0.39, 0.29) is 24.2 Å². The third-order valence-corrected chi connectivity index (χ3v) is 6.27. The number of aromatic nitrogens is 4. The first-order chi connectivity index (χ1) is 12.0. The second-order valence-corrected chi connectivity index (χ2v) is 8.55. The summed E-state index contributed by atoms with van der Waals surface area (Å²) >= 11 is 0. The Morgan fingerprint density at radius 2 is 2.12 bits per heavy atom. The van der Waals surface area contributed by atoms with Gasteiger partial charge in [0.15, 0.2) is 15.7 Å². The standard InChI is InChI=1S/C16H23N5O3S/c1-20(14-5-11-25(23,24)12-14)8-4-15-18-16(19-21(15)9-10-22)13-2-6-17-7-3-13/h2-3,6-7,14,22H,4-5,8-12H2,1H3/t14-/m1/s1. The molecular formula is C16H23N5O3S. The number of pyridine rings is 1. The summed E-state index contributed by atoms with van der Waals surface area (Å²) in [7, 11) is -0.939. The Hall–Kier alpha value is -1.84. The molecule has 0 saturated carbocycles. The van der Waals surface area contributed by atoms with Crippen LogP contribution in [0.5, 0.6) is 0 Å². The summed E-state index contributed by atoms with van der Waals surface area (Å²) in [4.78, 5) is 10.7. The van der Waals surface area contributed by atoms with Gasteiger partial charge in [0.1, 0.15) is 5.82 Å². The first-order valence-corrected chi connectivity index (χ1v) is 10.2. The van der Waals surface area contributed by atoms with Crippen LogP contribution < -0.4 is 0 Å². The van der Waals surface area contributed by atoms with Crippen LogP contribution in [-0.2, 0) is 22.8 Å². The van der Waals surface area contributed by atoms with Crippen LogP contribution >= 0.6 is 0 Å². The SMILES string of the molecule is CN(CCc1nc(-c2ccncc2)nn1CCO)[C@@H]1CCS(=O)(=O)C1. The van der Waals surface area contributed by atoms with Gasteiger partial charge in [-0.15, -0.1) is 0 Å². The number of rotatable bonds is 7. The Kier molecular flexibility index (Phi) is 5.45. The zero-order valence-corrected chi connectivity index (χ0v) is 15.1. The van der Waals surface area contributed by atoms with Crippen LogP contribution in [0.1, 0.15) is 12.2 Å². The van der Waals surface area contributed by atoms with E-state index in [4.69, 9.17) is 0 Å². The largest absolute Gasteiger partial charge is 0.394 e. The minimum absolute atomic E-state index is 0.0111. The van der Waals surface area contributed by atoms with Crippen LogP contribution in [0, 0.1) is 0 Å². The van der Waals surface area contributed by atoms with E-state index in [2.05, 4.69) is 20.0 Å². The molecule has 25 heavy (non-hydrogen) atoms. The van der Waals surface area contributed by atoms with Crippen molar-refractivity contribution < 1.29 is 13.5 Å². The Balaban J connectivity index is 1.70. The molecule has 3 rings (SSSR count). The summed E-state index contributed by atoms with van der Waals surface area (Å²) < 4.78 is 25.0. The van der Waals surface area contributed by atoms with Gasteiger partial charge in [0, 0.05) is 37.0 Å². The van der Waals surface area contributed by atoms with E-state index in [0.717, 1.165) is 11.4 Å². The van der Waals surface area contributed by atoms with Gasteiger partial charge in [-0.25, -0.2) is 18.1 Å². The van der Waals surface area contributed by atoms with Crippen molar-refractivity contribution in [1.82, 2.24) is 24.6 Å². The Morgan fingerprint density at radius 1 is 1.36 bits per heavy atom. The molecule has 1 N–H and O–H groups in total. The van der Waals surface area contributed by atoms with Crippen LogP contribution in [0.3, 0.4) is 0 Å². The predicted octanol–water partition coefficient (Wildman–Crippen LogP) is -0.00620. The number of hydrogen-bond donors (Lipinski definition) is 1. The average Bonchev–Trinajstić information content (AvgIpc) is 3.17. The normalized spacial score (nSPS) is 19.6. The van der Waals surface area contributed by atoms with E-state index in [1.165, 1.54) is 0 Å². The molecule has 1 atom stereocenters. The van der Waals surface area contributed by atoms with Crippen LogP contribution in [0.2, 0.25) is 0 Å². The van der Waals surface area contributed by atoms with Crippen molar-refractivity contribution in [3.8, 4) is 11.4 Å². The fraction of sp³-hybridized carbons (Fsp3) is 0.562. The molecule has 1 fully saturated rings. The van der Waals surface area contributed by atoms with Crippen LogP contribution in [0.4, 0.5) is 0 Å². The van der Waals surface area contributed by atoms with Gasteiger partial charge in [-0.2, -0.15) is 5.10 Å². The second-order valence-electron chi connectivity index (χ2n) is 6.32. The summed E-state index contributed by atoms with van der Waals surface area (Å²) in [5.74, 6) is 1.90. The minimum atomic E-state index is -2.89. The summed E-state index contributed by atoms with van der Waals surface area (Å²) in [6.07, 6.45) is 4.71. The Morgan fingerprint density at radius 3 is 2.76 bits per heavy atom. The molecule has 0 amide bonds. The van der Waals surface area contributed by atoms with Crippen molar-refractivity contribution in [3.63, 3.8) is 0 Å². The van der Waals surface area contributed by atoms with Gasteiger partial charge < -0.3 is 10.0 Å². The van der Waals surface area contributed by atoms with E-state index >= 15 is 0 Å². The van der Waals surface area contributed by atoms with E-state index in [0.29, 0.717) is 31.8 Å². The Bertz CT molecular complexity index is 806. The van der Waals surface area contributed by atoms with Crippen molar-refractivity contribution in [1.29, 1.82) is 0 Å². The maximum absolute atomic E-state index is 11.6. The molecule has 3 heterocycles. The molecule has 0 bridgehead atoms. The molecule has 0 aliphatic carbocycles. The number of sulfone groups is 1. The van der Waals surface area contributed by atoms with E-state index in [9.17, 15) is 13.5 Å². The quantitative estimate of drug-likeness (QED) is 0.736. The number of likely N-dealkylation sites (N-methyl/N-ethyl adjacent to an activating group) is 1. The maximum atomic E-state index is 11.6. The molecule has 136 valence electrons. The van der Waals surface area contributed by atoms with Crippen LogP contribution in [0.25, 0.3) is 11.4 Å². The molecule has 0 unspecified atom stereocenters. The summed E-state index contributed by atoms with van der Waals surface area (Å²) in [6, 6.07) is 3.76. The fourth-order valence-corrected chi connectivity index (χ4v) is 4.84. The van der Waals surface area contributed by atoms with Crippen molar-refractivity contribution >= 4 is 9.84 Å². The highest BCUT2D eigenvalue weighted by Gasteiger charge is 2.30.